The Labute approximate surface area is 131 Å². The molecule has 1 aromatic heterocycles. The lowest BCUT2D eigenvalue weighted by Crippen LogP contribution is -2.33. The zero-order valence-electron chi connectivity index (χ0n) is 12.6. The van der Waals surface area contributed by atoms with Crippen molar-refractivity contribution in [2.45, 2.75) is 32.9 Å². The minimum atomic E-state index is 0.740. The van der Waals surface area contributed by atoms with Gasteiger partial charge in [0.05, 0.1) is 17.6 Å². The van der Waals surface area contributed by atoms with E-state index < -0.39 is 0 Å². The first kappa shape index (κ1) is 14.6. The van der Waals surface area contributed by atoms with E-state index in [0.717, 1.165) is 40.9 Å². The second kappa shape index (κ2) is 6.20. The second-order valence-electron chi connectivity index (χ2n) is 6.02. The second-order valence-corrected chi connectivity index (χ2v) is 6.46. The van der Waals surface area contributed by atoms with Crippen molar-refractivity contribution in [3.8, 4) is 0 Å². The van der Waals surface area contributed by atoms with E-state index in [1.165, 1.54) is 25.9 Å². The summed E-state index contributed by atoms with van der Waals surface area (Å²) in [6.45, 7) is 10.2. The van der Waals surface area contributed by atoms with E-state index in [1.54, 1.807) is 0 Å². The van der Waals surface area contributed by atoms with Gasteiger partial charge in [-0.2, -0.15) is 0 Å². The average Bonchev–Trinajstić information content (AvgIpc) is 2.79. The Morgan fingerprint density at radius 1 is 1.38 bits per heavy atom. The first-order chi connectivity index (χ1) is 10.2. The molecule has 0 saturated carbocycles. The van der Waals surface area contributed by atoms with E-state index in [-0.39, 0.29) is 0 Å². The lowest BCUT2D eigenvalue weighted by Gasteiger charge is -2.29. The van der Waals surface area contributed by atoms with Crippen LogP contribution in [0, 0.1) is 5.92 Å². The number of imidazole rings is 1. The summed E-state index contributed by atoms with van der Waals surface area (Å²) < 4.78 is 2.25. The fraction of sp³-hybridized carbons (Fsp3) is 0.471. The molecule has 1 aliphatic heterocycles. The third-order valence-corrected chi connectivity index (χ3v) is 4.58. The average molecular weight is 304 g/mol. The summed E-state index contributed by atoms with van der Waals surface area (Å²) in [4.78, 5) is 7.30. The van der Waals surface area contributed by atoms with Gasteiger partial charge in [0.25, 0.3) is 0 Å². The number of fused-ring (bicyclic) bond motifs is 1. The maximum Gasteiger partial charge on any atom is 0.124 e. The number of likely N-dealkylation sites (tertiary alicyclic amines) is 1. The van der Waals surface area contributed by atoms with E-state index in [0.29, 0.717) is 0 Å². The van der Waals surface area contributed by atoms with Crippen molar-refractivity contribution in [2.24, 2.45) is 5.92 Å². The first-order valence-electron chi connectivity index (χ1n) is 7.65. The Balaban J connectivity index is 1.89. The van der Waals surface area contributed by atoms with E-state index in [2.05, 4.69) is 29.0 Å². The molecule has 0 aliphatic carbocycles. The molecule has 0 unspecified atom stereocenters. The highest BCUT2D eigenvalue weighted by atomic mass is 35.5. The molecule has 3 rings (SSSR count). The fourth-order valence-electron chi connectivity index (χ4n) is 3.03. The van der Waals surface area contributed by atoms with Crippen LogP contribution in [-0.4, -0.2) is 27.5 Å². The molecule has 0 N–H and O–H groups in total. The van der Waals surface area contributed by atoms with E-state index >= 15 is 0 Å². The van der Waals surface area contributed by atoms with Crippen LogP contribution in [0.25, 0.3) is 11.0 Å². The zero-order chi connectivity index (χ0) is 14.8. The largest absolute Gasteiger partial charge is 0.323 e. The molecule has 0 amide bonds. The molecule has 1 aliphatic rings. The normalized spacial score (nSPS) is 17.4. The van der Waals surface area contributed by atoms with Crippen molar-refractivity contribution in [1.82, 2.24) is 14.5 Å². The quantitative estimate of drug-likeness (QED) is 0.793. The van der Waals surface area contributed by atoms with Crippen molar-refractivity contribution >= 4 is 22.6 Å². The van der Waals surface area contributed by atoms with Gasteiger partial charge >= 0.3 is 0 Å². The maximum atomic E-state index is 6.09. The van der Waals surface area contributed by atoms with Gasteiger partial charge in [-0.05, 0) is 50.0 Å². The Hall–Kier alpha value is -1.32. The summed E-state index contributed by atoms with van der Waals surface area (Å²) in [7, 11) is 0. The van der Waals surface area contributed by atoms with Crippen LogP contribution < -0.4 is 0 Å². The SMILES string of the molecule is C=CCn1c(CN2CCC(C)CC2)nc2cc(Cl)ccc21. The minimum absolute atomic E-state index is 0.740. The van der Waals surface area contributed by atoms with Crippen molar-refractivity contribution in [3.05, 3.63) is 41.7 Å². The van der Waals surface area contributed by atoms with E-state index in [4.69, 9.17) is 16.6 Å². The summed E-state index contributed by atoms with van der Waals surface area (Å²) in [5, 5.41) is 0.740. The number of benzene rings is 1. The lowest BCUT2D eigenvalue weighted by molar-refractivity contribution is 0.180. The number of hydrogen-bond donors (Lipinski definition) is 0. The van der Waals surface area contributed by atoms with Crippen molar-refractivity contribution in [2.75, 3.05) is 13.1 Å². The van der Waals surface area contributed by atoms with Crippen LogP contribution in [0.15, 0.2) is 30.9 Å². The molecule has 0 radical (unpaired) electrons. The Bertz CT molecular complexity index is 639. The van der Waals surface area contributed by atoms with E-state index in [1.807, 2.05) is 18.2 Å². The number of allylic oxidation sites excluding steroid dienone is 1. The maximum absolute atomic E-state index is 6.09. The summed E-state index contributed by atoms with van der Waals surface area (Å²) in [5.74, 6) is 1.97. The molecule has 4 heteroatoms. The van der Waals surface area contributed by atoms with Crippen molar-refractivity contribution < 1.29 is 0 Å². The number of aromatic nitrogens is 2. The molecule has 1 aromatic carbocycles. The topological polar surface area (TPSA) is 21.1 Å². The Kier molecular flexibility index (Phi) is 4.32. The van der Waals surface area contributed by atoms with Crippen LogP contribution in [0.5, 0.6) is 0 Å². The molecule has 3 nitrogen and oxygen atoms in total. The van der Waals surface area contributed by atoms with Gasteiger partial charge in [0.15, 0.2) is 0 Å². The van der Waals surface area contributed by atoms with Crippen LogP contribution in [0.1, 0.15) is 25.6 Å². The van der Waals surface area contributed by atoms with E-state index in [9.17, 15) is 0 Å². The minimum Gasteiger partial charge on any atom is -0.323 e. The predicted octanol–water partition coefficient (Wildman–Crippen LogP) is 4.11. The number of nitrogens with zero attached hydrogens (tertiary/aromatic N) is 3. The molecule has 1 fully saturated rings. The third-order valence-electron chi connectivity index (χ3n) is 4.34. The highest BCUT2D eigenvalue weighted by Crippen LogP contribution is 2.23. The Morgan fingerprint density at radius 3 is 2.86 bits per heavy atom. The summed E-state index contributed by atoms with van der Waals surface area (Å²) in [5.41, 5.74) is 2.12. The summed E-state index contributed by atoms with van der Waals surface area (Å²) in [6.07, 6.45) is 4.50. The number of piperidine rings is 1. The molecule has 2 heterocycles. The van der Waals surface area contributed by atoms with Gasteiger partial charge in [-0.15, -0.1) is 6.58 Å². The lowest BCUT2D eigenvalue weighted by atomic mass is 9.99. The molecule has 0 atom stereocenters. The van der Waals surface area contributed by atoms with Crippen LogP contribution in [0.2, 0.25) is 5.02 Å². The number of halogens is 1. The molecule has 0 bridgehead atoms. The first-order valence-corrected chi connectivity index (χ1v) is 8.03. The molecule has 0 spiro atoms. The number of hydrogen-bond acceptors (Lipinski definition) is 2. The number of rotatable bonds is 4. The van der Waals surface area contributed by atoms with Gasteiger partial charge in [0.1, 0.15) is 5.82 Å². The summed E-state index contributed by atoms with van der Waals surface area (Å²) in [6, 6.07) is 5.92. The van der Waals surface area contributed by atoms with Gasteiger partial charge in [0, 0.05) is 11.6 Å². The highest BCUT2D eigenvalue weighted by molar-refractivity contribution is 6.31. The molecule has 1 saturated heterocycles. The molecule has 21 heavy (non-hydrogen) atoms. The van der Waals surface area contributed by atoms with Crippen LogP contribution in [0.3, 0.4) is 0 Å². The molecular weight excluding hydrogens is 282 g/mol. The van der Waals surface area contributed by atoms with Gasteiger partial charge in [0.2, 0.25) is 0 Å². The Morgan fingerprint density at radius 2 is 2.14 bits per heavy atom. The summed E-state index contributed by atoms with van der Waals surface area (Å²) >= 11 is 6.09. The smallest absolute Gasteiger partial charge is 0.124 e. The van der Waals surface area contributed by atoms with Gasteiger partial charge in [-0.25, -0.2) is 4.98 Å². The molecule has 112 valence electrons. The molecule has 2 aromatic rings. The van der Waals surface area contributed by atoms with Gasteiger partial charge in [-0.1, -0.05) is 24.6 Å². The van der Waals surface area contributed by atoms with Crippen LogP contribution in [-0.2, 0) is 13.1 Å². The highest BCUT2D eigenvalue weighted by Gasteiger charge is 2.18. The fourth-order valence-corrected chi connectivity index (χ4v) is 3.19. The molecular formula is C17H22ClN3. The van der Waals surface area contributed by atoms with Crippen LogP contribution in [0.4, 0.5) is 0 Å². The zero-order valence-corrected chi connectivity index (χ0v) is 13.3. The third kappa shape index (κ3) is 3.14. The van der Waals surface area contributed by atoms with Crippen LogP contribution >= 0.6 is 11.6 Å². The van der Waals surface area contributed by atoms with Crippen molar-refractivity contribution in [3.63, 3.8) is 0 Å². The standard InChI is InChI=1S/C17H22ClN3/c1-3-8-21-16-5-4-14(18)11-15(16)19-17(21)12-20-9-6-13(2)7-10-20/h3-5,11,13H,1,6-10,12H2,2H3. The van der Waals surface area contributed by atoms with Gasteiger partial charge in [-0.3, -0.25) is 4.90 Å². The van der Waals surface area contributed by atoms with Gasteiger partial charge < -0.3 is 4.57 Å². The van der Waals surface area contributed by atoms with Crippen molar-refractivity contribution in [1.29, 1.82) is 0 Å². The predicted molar refractivity (Wildman–Crippen MR) is 88.6 cm³/mol. The monoisotopic (exact) mass is 303 g/mol.